The lowest BCUT2D eigenvalue weighted by molar-refractivity contribution is 0.397. The molecule has 0 radical (unpaired) electrons. The third-order valence-corrected chi connectivity index (χ3v) is 2.76. The summed E-state index contributed by atoms with van der Waals surface area (Å²) < 4.78 is 18.8. The molecule has 18 heavy (non-hydrogen) atoms. The van der Waals surface area contributed by atoms with Crippen molar-refractivity contribution in [2.24, 2.45) is 0 Å². The van der Waals surface area contributed by atoms with Crippen LogP contribution in [0.15, 0.2) is 18.2 Å². The van der Waals surface area contributed by atoms with Crippen molar-refractivity contribution in [1.29, 1.82) is 0 Å². The molecule has 1 rings (SSSR count). The molecule has 0 aliphatic rings. The van der Waals surface area contributed by atoms with Crippen molar-refractivity contribution in [1.82, 2.24) is 10.6 Å². The highest BCUT2D eigenvalue weighted by Gasteiger charge is 2.10. The molecule has 0 aliphatic heterocycles. The van der Waals surface area contributed by atoms with Gasteiger partial charge in [-0.05, 0) is 19.1 Å². The summed E-state index contributed by atoms with van der Waals surface area (Å²) in [6.07, 6.45) is 0. The molecule has 0 amide bonds. The second kappa shape index (κ2) is 7.34. The molecule has 0 heterocycles. The summed E-state index contributed by atoms with van der Waals surface area (Å²) in [6, 6.07) is 5.61. The van der Waals surface area contributed by atoms with Crippen LogP contribution in [0.5, 0.6) is 5.75 Å². The van der Waals surface area contributed by atoms with E-state index in [1.165, 1.54) is 6.07 Å². The summed E-state index contributed by atoms with van der Waals surface area (Å²) in [5, 5.41) is 6.62. The topological polar surface area (TPSA) is 33.3 Å². The van der Waals surface area contributed by atoms with E-state index in [1.54, 1.807) is 19.2 Å². The fraction of sp³-hybridized carbons (Fsp3) is 0.571. The quantitative estimate of drug-likeness (QED) is 0.783. The summed E-state index contributed by atoms with van der Waals surface area (Å²) in [7, 11) is 1.56. The van der Waals surface area contributed by atoms with Gasteiger partial charge in [0.05, 0.1) is 7.11 Å². The summed E-state index contributed by atoms with van der Waals surface area (Å²) in [5.74, 6) is 0.359. The van der Waals surface area contributed by atoms with Gasteiger partial charge in [0.15, 0.2) is 0 Å². The van der Waals surface area contributed by atoms with Crippen LogP contribution >= 0.6 is 0 Å². The number of hydrogen-bond acceptors (Lipinski definition) is 3. The SMILES string of the molecule is COc1cccc(F)c1CNC(C)CNC(C)C. The Morgan fingerprint density at radius 3 is 2.56 bits per heavy atom. The zero-order valence-corrected chi connectivity index (χ0v) is 11.6. The van der Waals surface area contributed by atoms with Crippen LogP contribution in [0.1, 0.15) is 26.3 Å². The minimum absolute atomic E-state index is 0.231. The molecular weight excluding hydrogens is 231 g/mol. The number of hydrogen-bond donors (Lipinski definition) is 2. The van der Waals surface area contributed by atoms with Gasteiger partial charge in [-0.25, -0.2) is 4.39 Å². The van der Waals surface area contributed by atoms with Crippen LogP contribution in [0.4, 0.5) is 4.39 Å². The Morgan fingerprint density at radius 2 is 1.94 bits per heavy atom. The van der Waals surface area contributed by atoms with Gasteiger partial charge in [0.1, 0.15) is 11.6 Å². The Bertz CT molecular complexity index is 369. The van der Waals surface area contributed by atoms with E-state index in [9.17, 15) is 4.39 Å². The lowest BCUT2D eigenvalue weighted by atomic mass is 10.1. The first-order valence-electron chi connectivity index (χ1n) is 6.32. The highest BCUT2D eigenvalue weighted by atomic mass is 19.1. The zero-order valence-electron chi connectivity index (χ0n) is 11.6. The Morgan fingerprint density at radius 1 is 1.22 bits per heavy atom. The molecule has 1 atom stereocenters. The standard InChI is InChI=1S/C14H23FN2O/c1-10(2)16-8-11(3)17-9-12-13(15)6-5-7-14(12)18-4/h5-7,10-11,16-17H,8-9H2,1-4H3. The van der Waals surface area contributed by atoms with Crippen molar-refractivity contribution in [3.8, 4) is 5.75 Å². The van der Waals surface area contributed by atoms with Crippen LogP contribution < -0.4 is 15.4 Å². The minimum Gasteiger partial charge on any atom is -0.496 e. The third-order valence-electron chi connectivity index (χ3n) is 2.76. The van der Waals surface area contributed by atoms with E-state index in [4.69, 9.17) is 4.74 Å². The average Bonchev–Trinajstić information content (AvgIpc) is 2.34. The largest absolute Gasteiger partial charge is 0.496 e. The minimum atomic E-state index is -0.231. The number of rotatable bonds is 7. The van der Waals surface area contributed by atoms with Gasteiger partial charge in [0, 0.05) is 30.7 Å². The maximum absolute atomic E-state index is 13.7. The molecule has 3 nitrogen and oxygen atoms in total. The zero-order chi connectivity index (χ0) is 13.5. The number of methoxy groups -OCH3 is 1. The predicted molar refractivity (Wildman–Crippen MR) is 72.4 cm³/mol. The van der Waals surface area contributed by atoms with E-state index in [1.807, 2.05) is 0 Å². The van der Waals surface area contributed by atoms with Crippen LogP contribution in [0.3, 0.4) is 0 Å². The smallest absolute Gasteiger partial charge is 0.131 e. The fourth-order valence-corrected chi connectivity index (χ4v) is 1.66. The van der Waals surface area contributed by atoms with Gasteiger partial charge in [-0.3, -0.25) is 0 Å². The molecule has 1 aromatic carbocycles. The second-order valence-electron chi connectivity index (χ2n) is 4.77. The van der Waals surface area contributed by atoms with E-state index >= 15 is 0 Å². The molecule has 1 unspecified atom stereocenters. The fourth-order valence-electron chi connectivity index (χ4n) is 1.66. The molecule has 1 aromatic rings. The van der Waals surface area contributed by atoms with Crippen molar-refractivity contribution in [3.05, 3.63) is 29.6 Å². The Labute approximate surface area is 109 Å². The van der Waals surface area contributed by atoms with Gasteiger partial charge in [0.25, 0.3) is 0 Å². The maximum Gasteiger partial charge on any atom is 0.131 e. The van der Waals surface area contributed by atoms with Crippen molar-refractivity contribution in [3.63, 3.8) is 0 Å². The molecule has 4 heteroatoms. The summed E-state index contributed by atoms with van der Waals surface area (Å²) >= 11 is 0. The predicted octanol–water partition coefficient (Wildman–Crippen LogP) is 2.31. The van der Waals surface area contributed by atoms with E-state index in [0.29, 0.717) is 23.9 Å². The van der Waals surface area contributed by atoms with Crippen molar-refractivity contribution < 1.29 is 9.13 Å². The van der Waals surface area contributed by atoms with Crippen LogP contribution in [-0.4, -0.2) is 25.7 Å². The van der Waals surface area contributed by atoms with Gasteiger partial charge in [0.2, 0.25) is 0 Å². The van der Waals surface area contributed by atoms with E-state index in [0.717, 1.165) is 6.54 Å². The number of nitrogens with one attached hydrogen (secondary N) is 2. The highest BCUT2D eigenvalue weighted by Crippen LogP contribution is 2.20. The lowest BCUT2D eigenvalue weighted by Gasteiger charge is -2.17. The molecule has 2 N–H and O–H groups in total. The molecule has 0 bridgehead atoms. The molecule has 0 saturated carbocycles. The number of ether oxygens (including phenoxy) is 1. The van der Waals surface area contributed by atoms with Gasteiger partial charge in [-0.2, -0.15) is 0 Å². The number of halogens is 1. The molecular formula is C14H23FN2O. The first-order chi connectivity index (χ1) is 8.54. The molecule has 0 spiro atoms. The summed E-state index contributed by atoms with van der Waals surface area (Å²) in [6.45, 7) is 7.60. The van der Waals surface area contributed by atoms with Crippen molar-refractivity contribution in [2.75, 3.05) is 13.7 Å². The van der Waals surface area contributed by atoms with E-state index in [-0.39, 0.29) is 11.9 Å². The third kappa shape index (κ3) is 4.63. The first-order valence-corrected chi connectivity index (χ1v) is 6.32. The van der Waals surface area contributed by atoms with Crippen LogP contribution in [0.25, 0.3) is 0 Å². The maximum atomic E-state index is 13.7. The monoisotopic (exact) mass is 254 g/mol. The van der Waals surface area contributed by atoms with Gasteiger partial charge < -0.3 is 15.4 Å². The Kier molecular flexibility index (Phi) is 6.09. The van der Waals surface area contributed by atoms with Crippen LogP contribution in [0.2, 0.25) is 0 Å². The normalized spacial score (nSPS) is 12.8. The van der Waals surface area contributed by atoms with Crippen LogP contribution in [0, 0.1) is 5.82 Å². The Hall–Kier alpha value is -1.13. The Balaban J connectivity index is 2.52. The van der Waals surface area contributed by atoms with Crippen molar-refractivity contribution in [2.45, 2.75) is 39.4 Å². The van der Waals surface area contributed by atoms with Crippen molar-refractivity contribution >= 4 is 0 Å². The summed E-state index contributed by atoms with van der Waals surface area (Å²) in [5.41, 5.74) is 0.580. The highest BCUT2D eigenvalue weighted by molar-refractivity contribution is 5.34. The van der Waals surface area contributed by atoms with Crippen LogP contribution in [-0.2, 0) is 6.54 Å². The molecule has 102 valence electrons. The number of benzene rings is 1. The average molecular weight is 254 g/mol. The molecule has 0 fully saturated rings. The van der Waals surface area contributed by atoms with E-state index in [2.05, 4.69) is 31.4 Å². The molecule has 0 saturated heterocycles. The molecule has 0 aromatic heterocycles. The van der Waals surface area contributed by atoms with Gasteiger partial charge >= 0.3 is 0 Å². The molecule has 0 aliphatic carbocycles. The first kappa shape index (κ1) is 14.9. The summed E-state index contributed by atoms with van der Waals surface area (Å²) in [4.78, 5) is 0. The second-order valence-corrected chi connectivity index (χ2v) is 4.77. The lowest BCUT2D eigenvalue weighted by Crippen LogP contribution is -2.38. The van der Waals surface area contributed by atoms with Gasteiger partial charge in [-0.1, -0.05) is 19.9 Å². The van der Waals surface area contributed by atoms with Gasteiger partial charge in [-0.15, -0.1) is 0 Å². The van der Waals surface area contributed by atoms with E-state index < -0.39 is 0 Å².